The van der Waals surface area contributed by atoms with Crippen molar-refractivity contribution in [3.05, 3.63) is 41.9 Å². The van der Waals surface area contributed by atoms with E-state index in [4.69, 9.17) is 9.47 Å². The number of rotatable bonds is 7. The average Bonchev–Trinajstić information content (AvgIpc) is 2.53. The molecule has 0 amide bonds. The Bertz CT molecular complexity index is 587. The summed E-state index contributed by atoms with van der Waals surface area (Å²) in [6, 6.07) is 5.90. The van der Waals surface area contributed by atoms with Crippen LogP contribution in [0.1, 0.15) is 25.1 Å². The van der Waals surface area contributed by atoms with E-state index in [2.05, 4.69) is 22.2 Å². The van der Waals surface area contributed by atoms with Crippen molar-refractivity contribution in [1.29, 1.82) is 0 Å². The number of aromatic nitrogens is 2. The lowest BCUT2D eigenvalue weighted by atomic mass is 10.1. The summed E-state index contributed by atoms with van der Waals surface area (Å²) in [5.74, 6) is 1.81. The monoisotopic (exact) mass is 287 g/mol. The summed E-state index contributed by atoms with van der Waals surface area (Å²) < 4.78 is 11.2. The summed E-state index contributed by atoms with van der Waals surface area (Å²) in [5, 5.41) is 3.21. The summed E-state index contributed by atoms with van der Waals surface area (Å²) in [6.07, 6.45) is 4.28. The highest BCUT2D eigenvalue weighted by Gasteiger charge is 2.08. The van der Waals surface area contributed by atoms with Crippen LogP contribution in [0.15, 0.2) is 30.6 Å². The lowest BCUT2D eigenvalue weighted by molar-refractivity contribution is 0.372. The fourth-order valence-corrected chi connectivity index (χ4v) is 1.90. The van der Waals surface area contributed by atoms with Gasteiger partial charge >= 0.3 is 0 Å². The molecule has 5 heteroatoms. The molecule has 5 nitrogen and oxygen atoms in total. The highest BCUT2D eigenvalue weighted by atomic mass is 16.5. The molecule has 0 saturated heterocycles. The fraction of sp³-hybridized carbons (Fsp3) is 0.375. The molecular weight excluding hydrogens is 266 g/mol. The Morgan fingerprint density at radius 3 is 2.71 bits per heavy atom. The van der Waals surface area contributed by atoms with E-state index in [0.717, 1.165) is 18.7 Å². The van der Waals surface area contributed by atoms with Crippen molar-refractivity contribution in [2.24, 2.45) is 0 Å². The van der Waals surface area contributed by atoms with E-state index in [1.165, 1.54) is 5.56 Å². The van der Waals surface area contributed by atoms with E-state index < -0.39 is 0 Å². The molecule has 1 heterocycles. The third-order valence-electron chi connectivity index (χ3n) is 3.07. The minimum absolute atomic E-state index is 0.466. The van der Waals surface area contributed by atoms with Crippen LogP contribution >= 0.6 is 0 Å². The van der Waals surface area contributed by atoms with Crippen molar-refractivity contribution < 1.29 is 9.47 Å². The molecule has 1 aromatic carbocycles. The molecule has 1 N–H and O–H groups in total. The van der Waals surface area contributed by atoms with Crippen LogP contribution in [0, 0.1) is 0 Å². The quantitative estimate of drug-likeness (QED) is 0.848. The Labute approximate surface area is 125 Å². The van der Waals surface area contributed by atoms with Gasteiger partial charge in [0.05, 0.1) is 19.0 Å². The van der Waals surface area contributed by atoms with E-state index in [9.17, 15) is 0 Å². The maximum atomic E-state index is 5.79. The van der Waals surface area contributed by atoms with Crippen molar-refractivity contribution in [1.82, 2.24) is 15.3 Å². The summed E-state index contributed by atoms with van der Waals surface area (Å²) >= 11 is 0. The average molecular weight is 287 g/mol. The summed E-state index contributed by atoms with van der Waals surface area (Å²) in [7, 11) is 1.63. The molecule has 1 aromatic heterocycles. The molecule has 0 aliphatic carbocycles. The van der Waals surface area contributed by atoms with Crippen molar-refractivity contribution in [3.63, 3.8) is 0 Å². The van der Waals surface area contributed by atoms with Gasteiger partial charge in [0, 0.05) is 12.7 Å². The van der Waals surface area contributed by atoms with Crippen LogP contribution in [0.5, 0.6) is 17.4 Å². The third-order valence-corrected chi connectivity index (χ3v) is 3.07. The normalized spacial score (nSPS) is 10.4. The van der Waals surface area contributed by atoms with Gasteiger partial charge in [0.2, 0.25) is 5.88 Å². The van der Waals surface area contributed by atoms with Gasteiger partial charge in [0.15, 0.2) is 11.5 Å². The van der Waals surface area contributed by atoms with Crippen LogP contribution in [-0.4, -0.2) is 23.6 Å². The lowest BCUT2D eigenvalue weighted by Crippen LogP contribution is -2.13. The number of hydrogen-bond acceptors (Lipinski definition) is 5. The summed E-state index contributed by atoms with van der Waals surface area (Å²) in [4.78, 5) is 8.58. The van der Waals surface area contributed by atoms with E-state index in [1.807, 2.05) is 25.1 Å². The Kier molecular flexibility index (Phi) is 5.51. The predicted octanol–water partition coefficient (Wildman–Crippen LogP) is 2.95. The maximum Gasteiger partial charge on any atom is 0.238 e. The number of nitrogens with one attached hydrogen (secondary N) is 1. The first-order valence-corrected chi connectivity index (χ1v) is 7.13. The maximum absolute atomic E-state index is 5.79. The summed E-state index contributed by atoms with van der Waals surface area (Å²) in [5.41, 5.74) is 2.05. The molecule has 0 saturated carbocycles. The van der Waals surface area contributed by atoms with Crippen molar-refractivity contribution in [3.8, 4) is 17.4 Å². The van der Waals surface area contributed by atoms with Crippen LogP contribution < -0.4 is 14.8 Å². The zero-order valence-electron chi connectivity index (χ0n) is 12.7. The molecule has 2 aromatic rings. The van der Waals surface area contributed by atoms with Gasteiger partial charge in [-0.1, -0.05) is 19.9 Å². The van der Waals surface area contributed by atoms with Crippen LogP contribution in [0.2, 0.25) is 0 Å². The van der Waals surface area contributed by atoms with E-state index in [1.54, 1.807) is 19.5 Å². The second-order valence-corrected chi connectivity index (χ2v) is 4.57. The first kappa shape index (κ1) is 15.3. The van der Waals surface area contributed by atoms with E-state index >= 15 is 0 Å². The zero-order valence-corrected chi connectivity index (χ0v) is 12.7. The first-order chi connectivity index (χ1) is 10.3. The summed E-state index contributed by atoms with van der Waals surface area (Å²) in [6.45, 7) is 5.71. The van der Waals surface area contributed by atoms with Gasteiger partial charge in [-0.3, -0.25) is 4.98 Å². The number of ether oxygens (including phenoxy) is 2. The van der Waals surface area contributed by atoms with Gasteiger partial charge in [0.25, 0.3) is 0 Å². The largest absolute Gasteiger partial charge is 0.493 e. The predicted molar refractivity (Wildman–Crippen MR) is 81.9 cm³/mol. The Morgan fingerprint density at radius 1 is 1.14 bits per heavy atom. The van der Waals surface area contributed by atoms with Crippen LogP contribution in [0.4, 0.5) is 0 Å². The standard InChI is InChI=1S/C16H21N3O2/c1-4-12-6-7-14(15(8-12)20-3)21-16-11-18-10-13(19-16)9-17-5-2/h6-8,10-11,17H,4-5,9H2,1-3H3. The number of nitrogens with zero attached hydrogens (tertiary/aromatic N) is 2. The van der Waals surface area contributed by atoms with Crippen LogP contribution in [0.3, 0.4) is 0 Å². The minimum Gasteiger partial charge on any atom is -0.493 e. The molecule has 0 aliphatic heterocycles. The number of benzene rings is 1. The molecule has 2 rings (SSSR count). The molecule has 0 atom stereocenters. The SMILES string of the molecule is CCNCc1cncc(Oc2ccc(CC)cc2OC)n1. The Hall–Kier alpha value is -2.14. The highest BCUT2D eigenvalue weighted by Crippen LogP contribution is 2.31. The van der Waals surface area contributed by atoms with Crippen LogP contribution in [0.25, 0.3) is 0 Å². The third kappa shape index (κ3) is 4.16. The zero-order chi connectivity index (χ0) is 15.1. The fourth-order valence-electron chi connectivity index (χ4n) is 1.90. The van der Waals surface area contributed by atoms with E-state index in [-0.39, 0.29) is 0 Å². The molecule has 0 radical (unpaired) electrons. The second-order valence-electron chi connectivity index (χ2n) is 4.57. The molecule has 21 heavy (non-hydrogen) atoms. The van der Waals surface area contributed by atoms with Crippen molar-refractivity contribution in [2.45, 2.75) is 26.8 Å². The topological polar surface area (TPSA) is 56.3 Å². The molecule has 0 unspecified atom stereocenters. The number of aryl methyl sites for hydroxylation is 1. The van der Waals surface area contributed by atoms with Gasteiger partial charge < -0.3 is 14.8 Å². The smallest absolute Gasteiger partial charge is 0.238 e. The molecule has 0 spiro atoms. The lowest BCUT2D eigenvalue weighted by Gasteiger charge is -2.11. The molecule has 0 aliphatic rings. The second kappa shape index (κ2) is 7.59. The van der Waals surface area contributed by atoms with Gasteiger partial charge in [-0.2, -0.15) is 0 Å². The van der Waals surface area contributed by atoms with Crippen LogP contribution in [-0.2, 0) is 13.0 Å². The first-order valence-electron chi connectivity index (χ1n) is 7.13. The minimum atomic E-state index is 0.466. The van der Waals surface area contributed by atoms with Gasteiger partial charge in [0.1, 0.15) is 0 Å². The molecule has 112 valence electrons. The number of hydrogen-bond donors (Lipinski definition) is 1. The molecule has 0 fully saturated rings. The Morgan fingerprint density at radius 2 is 2.00 bits per heavy atom. The molecule has 0 bridgehead atoms. The van der Waals surface area contributed by atoms with Gasteiger partial charge in [-0.25, -0.2) is 4.98 Å². The van der Waals surface area contributed by atoms with E-state index in [0.29, 0.717) is 23.9 Å². The Balaban J connectivity index is 2.17. The van der Waals surface area contributed by atoms with Gasteiger partial charge in [-0.15, -0.1) is 0 Å². The van der Waals surface area contributed by atoms with Crippen molar-refractivity contribution >= 4 is 0 Å². The van der Waals surface area contributed by atoms with Gasteiger partial charge in [-0.05, 0) is 30.7 Å². The molecular formula is C16H21N3O2. The van der Waals surface area contributed by atoms with Crippen molar-refractivity contribution in [2.75, 3.05) is 13.7 Å². The highest BCUT2D eigenvalue weighted by molar-refractivity contribution is 5.44. The number of methoxy groups -OCH3 is 1.